The van der Waals surface area contributed by atoms with Crippen LogP contribution in [-0.4, -0.2) is 38.1 Å². The first kappa shape index (κ1) is 10.4. The minimum Gasteiger partial charge on any atom is -0.469 e. The normalized spacial score (nSPS) is 13.2. The van der Waals surface area contributed by atoms with Crippen LogP contribution in [0.25, 0.3) is 0 Å². The van der Waals surface area contributed by atoms with Crippen LogP contribution >= 0.6 is 0 Å². The zero-order chi connectivity index (χ0) is 8.85. The van der Waals surface area contributed by atoms with Gasteiger partial charge in [0.05, 0.1) is 13.5 Å². The van der Waals surface area contributed by atoms with E-state index in [0.717, 1.165) is 6.42 Å². The van der Waals surface area contributed by atoms with Gasteiger partial charge in [0.2, 0.25) is 0 Å². The van der Waals surface area contributed by atoms with Crippen LogP contribution in [0.15, 0.2) is 0 Å². The first-order chi connectivity index (χ1) is 5.11. The van der Waals surface area contributed by atoms with E-state index in [-0.39, 0.29) is 5.97 Å². The lowest BCUT2D eigenvalue weighted by molar-refractivity contribution is -0.141. The molecule has 0 heterocycles. The third kappa shape index (κ3) is 3.98. The van der Waals surface area contributed by atoms with Gasteiger partial charge in [-0.15, -0.1) is 0 Å². The Balaban J connectivity index is 3.78. The molecule has 66 valence electrons. The van der Waals surface area contributed by atoms with Crippen LogP contribution in [0.1, 0.15) is 19.8 Å². The van der Waals surface area contributed by atoms with Crippen molar-refractivity contribution in [2.24, 2.45) is 0 Å². The van der Waals surface area contributed by atoms with Gasteiger partial charge in [-0.3, -0.25) is 4.79 Å². The molecule has 0 saturated heterocycles. The van der Waals surface area contributed by atoms with Crippen molar-refractivity contribution in [1.82, 2.24) is 4.90 Å². The third-order valence-electron chi connectivity index (χ3n) is 1.83. The summed E-state index contributed by atoms with van der Waals surface area (Å²) in [6.07, 6.45) is 1.46. The van der Waals surface area contributed by atoms with Crippen molar-refractivity contribution in [2.45, 2.75) is 25.8 Å². The van der Waals surface area contributed by atoms with Gasteiger partial charge in [-0.25, -0.2) is 0 Å². The van der Waals surface area contributed by atoms with Crippen LogP contribution in [-0.2, 0) is 9.53 Å². The van der Waals surface area contributed by atoms with Crippen LogP contribution < -0.4 is 0 Å². The molecular formula is C8H17NO2. The highest BCUT2D eigenvalue weighted by atomic mass is 16.5. The van der Waals surface area contributed by atoms with Crippen LogP contribution in [0, 0.1) is 0 Å². The maximum absolute atomic E-state index is 10.8. The zero-order valence-electron chi connectivity index (χ0n) is 7.76. The van der Waals surface area contributed by atoms with Crippen LogP contribution in [0.3, 0.4) is 0 Å². The average Bonchev–Trinajstić information content (AvgIpc) is 1.99. The van der Waals surface area contributed by atoms with E-state index in [1.807, 2.05) is 19.0 Å². The van der Waals surface area contributed by atoms with Gasteiger partial charge in [0.15, 0.2) is 0 Å². The Kier molecular flexibility index (Phi) is 4.86. The largest absolute Gasteiger partial charge is 0.469 e. The Morgan fingerprint density at radius 1 is 1.55 bits per heavy atom. The molecule has 0 rings (SSSR count). The van der Waals surface area contributed by atoms with Gasteiger partial charge in [-0.05, 0) is 20.5 Å². The van der Waals surface area contributed by atoms with E-state index >= 15 is 0 Å². The Labute approximate surface area is 68.3 Å². The molecule has 0 aromatic carbocycles. The molecule has 0 bridgehead atoms. The number of carbonyl (C=O) groups excluding carboxylic acids is 1. The van der Waals surface area contributed by atoms with Crippen LogP contribution in [0.4, 0.5) is 0 Å². The van der Waals surface area contributed by atoms with E-state index in [0.29, 0.717) is 12.5 Å². The topological polar surface area (TPSA) is 29.5 Å². The van der Waals surface area contributed by atoms with E-state index in [9.17, 15) is 4.79 Å². The van der Waals surface area contributed by atoms with Crippen molar-refractivity contribution in [1.29, 1.82) is 0 Å². The fraction of sp³-hybridized carbons (Fsp3) is 0.875. The summed E-state index contributed by atoms with van der Waals surface area (Å²) >= 11 is 0. The lowest BCUT2D eigenvalue weighted by Crippen LogP contribution is -2.29. The highest BCUT2D eigenvalue weighted by Gasteiger charge is 2.13. The highest BCUT2D eigenvalue weighted by Crippen LogP contribution is 2.04. The molecule has 3 heteroatoms. The van der Waals surface area contributed by atoms with Gasteiger partial charge >= 0.3 is 5.97 Å². The van der Waals surface area contributed by atoms with Gasteiger partial charge in [0, 0.05) is 6.04 Å². The summed E-state index contributed by atoms with van der Waals surface area (Å²) in [7, 11) is 5.36. The summed E-state index contributed by atoms with van der Waals surface area (Å²) in [6, 6.07) is 0.308. The monoisotopic (exact) mass is 159 g/mol. The SMILES string of the molecule is CCC(CC(=O)OC)N(C)C. The summed E-state index contributed by atoms with van der Waals surface area (Å²) in [5.74, 6) is -0.134. The molecule has 0 N–H and O–H groups in total. The van der Waals surface area contributed by atoms with Crippen molar-refractivity contribution in [2.75, 3.05) is 21.2 Å². The number of hydrogen-bond donors (Lipinski definition) is 0. The molecule has 0 radical (unpaired) electrons. The molecule has 11 heavy (non-hydrogen) atoms. The average molecular weight is 159 g/mol. The molecule has 0 aliphatic heterocycles. The smallest absolute Gasteiger partial charge is 0.307 e. The second kappa shape index (κ2) is 5.13. The Hall–Kier alpha value is -0.570. The summed E-state index contributed by atoms with van der Waals surface area (Å²) < 4.78 is 4.57. The van der Waals surface area contributed by atoms with Crippen molar-refractivity contribution >= 4 is 5.97 Å². The van der Waals surface area contributed by atoms with Gasteiger partial charge in [-0.1, -0.05) is 6.92 Å². The fourth-order valence-corrected chi connectivity index (χ4v) is 0.968. The van der Waals surface area contributed by atoms with E-state index < -0.39 is 0 Å². The second-order valence-electron chi connectivity index (χ2n) is 2.81. The molecule has 0 saturated carbocycles. The molecule has 0 aliphatic rings. The van der Waals surface area contributed by atoms with Crippen molar-refractivity contribution in [3.63, 3.8) is 0 Å². The maximum atomic E-state index is 10.8. The third-order valence-corrected chi connectivity index (χ3v) is 1.83. The van der Waals surface area contributed by atoms with Gasteiger partial charge < -0.3 is 9.64 Å². The number of carbonyl (C=O) groups is 1. The number of rotatable bonds is 4. The van der Waals surface area contributed by atoms with Crippen LogP contribution in [0.2, 0.25) is 0 Å². The summed E-state index contributed by atoms with van der Waals surface area (Å²) in [5, 5.41) is 0. The van der Waals surface area contributed by atoms with Crippen molar-refractivity contribution in [3.8, 4) is 0 Å². The standard InChI is InChI=1S/C8H17NO2/c1-5-7(9(2)3)6-8(10)11-4/h7H,5-6H2,1-4H3. The molecule has 0 aliphatic carbocycles. The van der Waals surface area contributed by atoms with Gasteiger partial charge in [-0.2, -0.15) is 0 Å². The summed E-state index contributed by atoms with van der Waals surface area (Å²) in [4.78, 5) is 12.9. The molecule has 1 atom stereocenters. The first-order valence-electron chi connectivity index (χ1n) is 3.85. The van der Waals surface area contributed by atoms with E-state index in [4.69, 9.17) is 0 Å². The number of methoxy groups -OCH3 is 1. The predicted molar refractivity (Wildman–Crippen MR) is 44.4 cm³/mol. The molecule has 0 amide bonds. The molecule has 3 nitrogen and oxygen atoms in total. The van der Waals surface area contributed by atoms with Crippen LogP contribution in [0.5, 0.6) is 0 Å². The minimum atomic E-state index is -0.134. The number of esters is 1. The molecule has 0 spiro atoms. The van der Waals surface area contributed by atoms with Crippen molar-refractivity contribution < 1.29 is 9.53 Å². The first-order valence-corrected chi connectivity index (χ1v) is 3.85. The van der Waals surface area contributed by atoms with E-state index in [2.05, 4.69) is 11.7 Å². The minimum absolute atomic E-state index is 0.134. The predicted octanol–water partition coefficient (Wildman–Crippen LogP) is 0.890. The number of hydrogen-bond acceptors (Lipinski definition) is 3. The van der Waals surface area contributed by atoms with Gasteiger partial charge in [0.25, 0.3) is 0 Å². The number of nitrogens with zero attached hydrogens (tertiary/aromatic N) is 1. The molecule has 0 aromatic rings. The second-order valence-corrected chi connectivity index (χ2v) is 2.81. The van der Waals surface area contributed by atoms with E-state index in [1.165, 1.54) is 7.11 Å². The molecule has 0 fully saturated rings. The Bertz CT molecular complexity index is 123. The highest BCUT2D eigenvalue weighted by molar-refractivity contribution is 5.69. The van der Waals surface area contributed by atoms with Gasteiger partial charge in [0.1, 0.15) is 0 Å². The molecular weight excluding hydrogens is 142 g/mol. The zero-order valence-corrected chi connectivity index (χ0v) is 7.76. The molecule has 1 unspecified atom stereocenters. The maximum Gasteiger partial charge on any atom is 0.307 e. The lowest BCUT2D eigenvalue weighted by atomic mass is 10.1. The summed E-state index contributed by atoms with van der Waals surface area (Å²) in [5.41, 5.74) is 0. The van der Waals surface area contributed by atoms with E-state index in [1.54, 1.807) is 0 Å². The Morgan fingerprint density at radius 3 is 2.36 bits per heavy atom. The summed E-state index contributed by atoms with van der Waals surface area (Å²) in [6.45, 7) is 2.06. The lowest BCUT2D eigenvalue weighted by Gasteiger charge is -2.21. The van der Waals surface area contributed by atoms with Crippen molar-refractivity contribution in [3.05, 3.63) is 0 Å². The fourth-order valence-electron chi connectivity index (χ4n) is 0.968. The Morgan fingerprint density at radius 2 is 2.09 bits per heavy atom. The quantitative estimate of drug-likeness (QED) is 0.570. The number of ether oxygens (including phenoxy) is 1. The molecule has 0 aromatic heterocycles.